The Morgan fingerprint density at radius 3 is 2.88 bits per heavy atom. The van der Waals surface area contributed by atoms with Crippen molar-refractivity contribution in [3.8, 4) is 0 Å². The summed E-state index contributed by atoms with van der Waals surface area (Å²) in [7, 11) is 0. The molecule has 0 aliphatic rings. The highest BCUT2D eigenvalue weighted by Crippen LogP contribution is 2.21. The number of carbonyl (C=O) groups excluding carboxylic acids is 1. The molecule has 0 bridgehead atoms. The van der Waals surface area contributed by atoms with Crippen LogP contribution in [0.5, 0.6) is 0 Å². The molecule has 0 unspecified atom stereocenters. The maximum absolute atomic E-state index is 13.1. The highest BCUT2D eigenvalue weighted by atomic mass is 19.1. The fourth-order valence-electron chi connectivity index (χ4n) is 1.80. The van der Waals surface area contributed by atoms with Crippen LogP contribution in [-0.2, 0) is 0 Å². The molecule has 16 heavy (non-hydrogen) atoms. The number of hydrogen-bond donors (Lipinski definition) is 1. The molecule has 0 atom stereocenters. The van der Waals surface area contributed by atoms with Crippen LogP contribution in [0.2, 0.25) is 0 Å². The number of carbonyl (C=O) groups is 1. The largest absolute Gasteiger partial charge is 0.360 e. The normalized spacial score (nSPS) is 11.2. The summed E-state index contributed by atoms with van der Waals surface area (Å²) < 4.78 is 13.1. The molecular weight excluding hydrogens is 205 g/mol. The Bertz CT molecular complexity index is 528. The molecule has 0 saturated heterocycles. The van der Waals surface area contributed by atoms with Gasteiger partial charge in [-0.25, -0.2) is 4.39 Å². The highest BCUT2D eigenvalue weighted by Gasteiger charge is 2.13. The van der Waals surface area contributed by atoms with E-state index in [-0.39, 0.29) is 11.6 Å². The minimum Gasteiger partial charge on any atom is -0.360 e. The standard InChI is InChI=1S/C13H14FNO/c1-8(2)5-13(16)11-7-15-12-4-3-9(14)6-10(11)12/h3-4,6-8,15H,5H2,1-2H3. The maximum atomic E-state index is 13.1. The molecule has 2 rings (SSSR count). The van der Waals surface area contributed by atoms with Crippen molar-refractivity contribution in [2.75, 3.05) is 0 Å². The lowest BCUT2D eigenvalue weighted by Gasteiger charge is -2.02. The van der Waals surface area contributed by atoms with Crippen LogP contribution in [0.3, 0.4) is 0 Å². The summed E-state index contributed by atoms with van der Waals surface area (Å²) in [6.07, 6.45) is 2.15. The molecule has 1 N–H and O–H groups in total. The van der Waals surface area contributed by atoms with E-state index in [1.807, 2.05) is 13.8 Å². The molecule has 2 aromatic rings. The van der Waals surface area contributed by atoms with Crippen LogP contribution in [0.15, 0.2) is 24.4 Å². The molecule has 0 fully saturated rings. The molecule has 1 aromatic heterocycles. The number of H-pyrrole nitrogens is 1. The number of rotatable bonds is 3. The second-order valence-corrected chi connectivity index (χ2v) is 4.41. The Labute approximate surface area is 93.5 Å². The number of benzene rings is 1. The van der Waals surface area contributed by atoms with Crippen molar-refractivity contribution in [2.24, 2.45) is 5.92 Å². The van der Waals surface area contributed by atoms with Crippen LogP contribution >= 0.6 is 0 Å². The minimum absolute atomic E-state index is 0.0619. The van der Waals surface area contributed by atoms with Crippen molar-refractivity contribution in [2.45, 2.75) is 20.3 Å². The second-order valence-electron chi connectivity index (χ2n) is 4.41. The predicted molar refractivity (Wildman–Crippen MR) is 62.0 cm³/mol. The number of halogens is 1. The van der Waals surface area contributed by atoms with Gasteiger partial charge in [-0.1, -0.05) is 13.8 Å². The van der Waals surface area contributed by atoms with Crippen LogP contribution in [0.25, 0.3) is 10.9 Å². The van der Waals surface area contributed by atoms with Crippen molar-refractivity contribution in [3.05, 3.63) is 35.8 Å². The van der Waals surface area contributed by atoms with Gasteiger partial charge in [-0.15, -0.1) is 0 Å². The minimum atomic E-state index is -0.314. The summed E-state index contributed by atoms with van der Waals surface area (Å²) in [5, 5.41) is 0.672. The summed E-state index contributed by atoms with van der Waals surface area (Å²) in [6, 6.07) is 4.44. The average molecular weight is 219 g/mol. The van der Waals surface area contributed by atoms with Crippen LogP contribution in [0.4, 0.5) is 4.39 Å². The summed E-state index contributed by atoms with van der Waals surface area (Å²) in [5.74, 6) is 0.0588. The molecule has 0 aliphatic heterocycles. The van der Waals surface area contributed by atoms with Crippen molar-refractivity contribution < 1.29 is 9.18 Å². The van der Waals surface area contributed by atoms with Gasteiger partial charge in [0.2, 0.25) is 0 Å². The first-order valence-electron chi connectivity index (χ1n) is 5.37. The first-order valence-corrected chi connectivity index (χ1v) is 5.37. The lowest BCUT2D eigenvalue weighted by Crippen LogP contribution is -2.02. The quantitative estimate of drug-likeness (QED) is 0.787. The number of hydrogen-bond acceptors (Lipinski definition) is 1. The molecule has 1 aromatic carbocycles. The third-order valence-electron chi connectivity index (χ3n) is 2.54. The fraction of sp³-hybridized carbons (Fsp3) is 0.308. The molecule has 0 amide bonds. The van der Waals surface area contributed by atoms with Gasteiger partial charge in [0.1, 0.15) is 5.82 Å². The van der Waals surface area contributed by atoms with Crippen molar-refractivity contribution in [1.82, 2.24) is 4.98 Å². The van der Waals surface area contributed by atoms with E-state index in [1.165, 1.54) is 12.1 Å². The van der Waals surface area contributed by atoms with Crippen LogP contribution in [0.1, 0.15) is 30.6 Å². The summed E-state index contributed by atoms with van der Waals surface area (Å²) in [5.41, 5.74) is 1.39. The Hall–Kier alpha value is -1.64. The van der Waals surface area contributed by atoms with Gasteiger partial charge in [-0.05, 0) is 24.1 Å². The molecule has 3 heteroatoms. The number of nitrogens with one attached hydrogen (secondary N) is 1. The first kappa shape index (κ1) is 10.9. The molecule has 84 valence electrons. The van der Waals surface area contributed by atoms with E-state index in [0.29, 0.717) is 23.3 Å². The van der Waals surface area contributed by atoms with Crippen molar-refractivity contribution in [1.29, 1.82) is 0 Å². The third-order valence-corrected chi connectivity index (χ3v) is 2.54. The van der Waals surface area contributed by atoms with E-state index in [4.69, 9.17) is 0 Å². The lowest BCUT2D eigenvalue weighted by molar-refractivity contribution is 0.0969. The van der Waals surface area contributed by atoms with Gasteiger partial charge in [0.15, 0.2) is 5.78 Å². The van der Waals surface area contributed by atoms with Gasteiger partial charge in [0, 0.05) is 29.1 Å². The van der Waals surface area contributed by atoms with E-state index in [0.717, 1.165) is 5.52 Å². The lowest BCUT2D eigenvalue weighted by atomic mass is 10.0. The van der Waals surface area contributed by atoms with Gasteiger partial charge in [0.05, 0.1) is 0 Å². The highest BCUT2D eigenvalue weighted by molar-refractivity contribution is 6.07. The average Bonchev–Trinajstić information content (AvgIpc) is 2.59. The molecule has 0 spiro atoms. The van der Waals surface area contributed by atoms with Gasteiger partial charge >= 0.3 is 0 Å². The smallest absolute Gasteiger partial charge is 0.165 e. The zero-order valence-corrected chi connectivity index (χ0v) is 9.38. The van der Waals surface area contributed by atoms with Gasteiger partial charge in [-0.2, -0.15) is 0 Å². The summed E-state index contributed by atoms with van der Waals surface area (Å²) in [4.78, 5) is 14.9. The van der Waals surface area contributed by atoms with E-state index in [9.17, 15) is 9.18 Å². The number of aromatic nitrogens is 1. The Morgan fingerprint density at radius 2 is 2.19 bits per heavy atom. The van der Waals surface area contributed by atoms with Crippen molar-refractivity contribution in [3.63, 3.8) is 0 Å². The molecular formula is C13H14FNO. The van der Waals surface area contributed by atoms with Gasteiger partial charge < -0.3 is 4.98 Å². The topological polar surface area (TPSA) is 32.9 Å². The Morgan fingerprint density at radius 1 is 1.44 bits per heavy atom. The van der Waals surface area contributed by atoms with E-state index >= 15 is 0 Å². The predicted octanol–water partition coefficient (Wildman–Crippen LogP) is 3.54. The second kappa shape index (κ2) is 4.08. The Kier molecular flexibility index (Phi) is 2.77. The van der Waals surface area contributed by atoms with Crippen molar-refractivity contribution >= 4 is 16.7 Å². The molecule has 1 heterocycles. The third kappa shape index (κ3) is 1.98. The summed E-state index contributed by atoms with van der Waals surface area (Å²) >= 11 is 0. The van der Waals surface area contributed by atoms with Crippen LogP contribution in [-0.4, -0.2) is 10.8 Å². The van der Waals surface area contributed by atoms with Crippen LogP contribution < -0.4 is 0 Å². The zero-order valence-electron chi connectivity index (χ0n) is 9.38. The number of aromatic amines is 1. The van der Waals surface area contributed by atoms with Crippen LogP contribution in [0, 0.1) is 11.7 Å². The first-order chi connectivity index (χ1) is 7.58. The molecule has 0 aliphatic carbocycles. The van der Waals surface area contributed by atoms with Gasteiger partial charge in [0.25, 0.3) is 0 Å². The maximum Gasteiger partial charge on any atom is 0.165 e. The SMILES string of the molecule is CC(C)CC(=O)c1c[nH]c2ccc(F)cc12. The molecule has 2 nitrogen and oxygen atoms in total. The fourth-order valence-corrected chi connectivity index (χ4v) is 1.80. The van der Waals surface area contributed by atoms with E-state index in [2.05, 4.69) is 4.98 Å². The number of Topliss-reactive ketones (excluding diaryl/α,β-unsaturated/α-hetero) is 1. The number of fused-ring (bicyclic) bond motifs is 1. The zero-order chi connectivity index (χ0) is 11.7. The van der Waals surface area contributed by atoms with E-state index < -0.39 is 0 Å². The molecule has 0 radical (unpaired) electrons. The summed E-state index contributed by atoms with van der Waals surface area (Å²) in [6.45, 7) is 3.99. The molecule has 0 saturated carbocycles. The Balaban J connectivity index is 2.44. The number of ketones is 1. The monoisotopic (exact) mass is 219 g/mol. The van der Waals surface area contributed by atoms with E-state index in [1.54, 1.807) is 12.3 Å². The van der Waals surface area contributed by atoms with Gasteiger partial charge in [-0.3, -0.25) is 4.79 Å².